The molecule has 0 bridgehead atoms. The lowest BCUT2D eigenvalue weighted by Gasteiger charge is -2.36. The molecule has 1 rings (SSSR count). The van der Waals surface area contributed by atoms with Gasteiger partial charge >= 0.3 is 12.4 Å². The molecule has 1 N–H and O–H groups in total. The first-order chi connectivity index (χ1) is 11.3. The molecular formula is C15H16F6O4. The Hall–Kier alpha value is -1.97. The molecule has 1 atom stereocenters. The molecule has 0 spiro atoms. The van der Waals surface area contributed by atoms with Crippen LogP contribution in [0, 0.1) is 5.92 Å². The maximum absolute atomic E-state index is 12.8. The van der Waals surface area contributed by atoms with Crippen LogP contribution in [-0.2, 0) is 11.2 Å². The van der Waals surface area contributed by atoms with Crippen molar-refractivity contribution < 1.29 is 45.7 Å². The summed E-state index contributed by atoms with van der Waals surface area (Å²) in [4.78, 5) is 12.0. The maximum atomic E-state index is 12.8. The van der Waals surface area contributed by atoms with Crippen LogP contribution in [-0.4, -0.2) is 43.1 Å². The number of alkyl halides is 6. The molecule has 0 radical (unpaired) electrons. The molecule has 1 unspecified atom stereocenters. The molecule has 142 valence electrons. The van der Waals surface area contributed by atoms with Crippen LogP contribution in [0.2, 0.25) is 0 Å². The molecule has 0 saturated heterocycles. The highest BCUT2D eigenvalue weighted by Gasteiger charge is 2.73. The van der Waals surface area contributed by atoms with Crippen LogP contribution in [0.5, 0.6) is 11.5 Å². The van der Waals surface area contributed by atoms with Crippen LogP contribution in [0.15, 0.2) is 18.2 Å². The van der Waals surface area contributed by atoms with E-state index in [0.717, 1.165) is 0 Å². The van der Waals surface area contributed by atoms with Gasteiger partial charge in [-0.2, -0.15) is 26.3 Å². The van der Waals surface area contributed by atoms with Crippen molar-refractivity contribution in [3.8, 4) is 11.5 Å². The number of rotatable bonds is 6. The van der Waals surface area contributed by atoms with E-state index < -0.39 is 36.1 Å². The summed E-state index contributed by atoms with van der Waals surface area (Å²) in [6, 6.07) is 3.90. The fourth-order valence-corrected chi connectivity index (χ4v) is 2.23. The summed E-state index contributed by atoms with van der Waals surface area (Å²) in [7, 11) is 2.61. The lowest BCUT2D eigenvalue weighted by molar-refractivity contribution is -0.379. The van der Waals surface area contributed by atoms with E-state index in [0.29, 0.717) is 6.92 Å². The van der Waals surface area contributed by atoms with E-state index in [2.05, 4.69) is 0 Å². The van der Waals surface area contributed by atoms with Gasteiger partial charge in [0.2, 0.25) is 0 Å². The summed E-state index contributed by atoms with van der Waals surface area (Å²) < 4.78 is 86.7. The first-order valence-corrected chi connectivity index (χ1v) is 6.89. The van der Waals surface area contributed by atoms with E-state index in [1.54, 1.807) is 0 Å². The highest BCUT2D eigenvalue weighted by molar-refractivity contribution is 5.84. The fourth-order valence-electron chi connectivity index (χ4n) is 2.23. The van der Waals surface area contributed by atoms with Crippen LogP contribution < -0.4 is 9.47 Å². The Kier molecular flexibility index (Phi) is 5.99. The topological polar surface area (TPSA) is 55.8 Å². The van der Waals surface area contributed by atoms with Gasteiger partial charge in [0.25, 0.3) is 5.60 Å². The molecule has 0 aromatic heterocycles. The first kappa shape index (κ1) is 21.1. The first-order valence-electron chi connectivity index (χ1n) is 6.89. The number of hydrogen-bond donors (Lipinski definition) is 1. The predicted molar refractivity (Wildman–Crippen MR) is 74.5 cm³/mol. The minimum Gasteiger partial charge on any atom is -0.493 e. The number of carbonyl (C=O) groups is 1. The highest BCUT2D eigenvalue weighted by Crippen LogP contribution is 2.48. The summed E-state index contributed by atoms with van der Waals surface area (Å²) in [6.45, 7) is 0.393. The Bertz CT molecular complexity index is 609. The van der Waals surface area contributed by atoms with Crippen molar-refractivity contribution in [2.45, 2.75) is 31.3 Å². The van der Waals surface area contributed by atoms with Crippen LogP contribution in [0.1, 0.15) is 12.5 Å². The zero-order valence-electron chi connectivity index (χ0n) is 13.5. The number of benzene rings is 1. The van der Waals surface area contributed by atoms with Gasteiger partial charge in [0.05, 0.1) is 20.1 Å². The number of ketones is 1. The van der Waals surface area contributed by atoms with Gasteiger partial charge in [-0.25, -0.2) is 0 Å². The average molecular weight is 374 g/mol. The Labute approximate surface area is 139 Å². The number of aliphatic hydroxyl groups is 1. The Morgan fingerprint density at radius 2 is 1.52 bits per heavy atom. The second-order valence-corrected chi connectivity index (χ2v) is 5.32. The third-order valence-corrected chi connectivity index (χ3v) is 3.80. The molecular weight excluding hydrogens is 358 g/mol. The van der Waals surface area contributed by atoms with Gasteiger partial charge in [0.1, 0.15) is 5.78 Å². The third kappa shape index (κ3) is 4.00. The van der Waals surface area contributed by atoms with E-state index in [1.807, 2.05) is 0 Å². The van der Waals surface area contributed by atoms with Gasteiger partial charge in [-0.05, 0) is 17.7 Å². The number of carbonyl (C=O) groups excluding carboxylic acids is 1. The van der Waals surface area contributed by atoms with Crippen molar-refractivity contribution in [1.82, 2.24) is 0 Å². The Morgan fingerprint density at radius 3 is 1.92 bits per heavy atom. The van der Waals surface area contributed by atoms with Crippen molar-refractivity contribution in [2.75, 3.05) is 14.2 Å². The molecule has 0 saturated carbocycles. The van der Waals surface area contributed by atoms with Crippen LogP contribution >= 0.6 is 0 Å². The van der Waals surface area contributed by atoms with E-state index in [1.165, 1.54) is 32.4 Å². The second kappa shape index (κ2) is 7.11. The quantitative estimate of drug-likeness (QED) is 0.777. The maximum Gasteiger partial charge on any atom is 0.426 e. The molecule has 10 heteroatoms. The zero-order chi connectivity index (χ0) is 19.6. The van der Waals surface area contributed by atoms with Gasteiger partial charge in [0.15, 0.2) is 11.5 Å². The molecule has 0 fully saturated rings. The fraction of sp³-hybridized carbons (Fsp3) is 0.533. The predicted octanol–water partition coefficient (Wildman–Crippen LogP) is 3.31. The van der Waals surface area contributed by atoms with Gasteiger partial charge in [-0.15, -0.1) is 0 Å². The van der Waals surface area contributed by atoms with E-state index >= 15 is 0 Å². The lowest BCUT2D eigenvalue weighted by atomic mass is 9.82. The van der Waals surface area contributed by atoms with E-state index in [-0.39, 0.29) is 17.1 Å². The Morgan fingerprint density at radius 1 is 1.04 bits per heavy atom. The SMILES string of the molecule is COc1ccc(CC(=O)C(C)C(O)(C(F)(F)F)C(F)(F)F)cc1OC. The van der Waals surface area contributed by atoms with Crippen LogP contribution in [0.3, 0.4) is 0 Å². The molecule has 25 heavy (non-hydrogen) atoms. The number of methoxy groups -OCH3 is 2. The monoisotopic (exact) mass is 374 g/mol. The summed E-state index contributed by atoms with van der Waals surface area (Å²) in [5, 5.41) is 9.27. The summed E-state index contributed by atoms with van der Waals surface area (Å²) in [6.07, 6.45) is -12.9. The molecule has 1 aromatic rings. The van der Waals surface area contributed by atoms with Crippen molar-refractivity contribution in [1.29, 1.82) is 0 Å². The zero-order valence-corrected chi connectivity index (χ0v) is 13.5. The number of Topliss-reactive ketones (excluding diaryl/α,β-unsaturated/α-hetero) is 1. The van der Waals surface area contributed by atoms with E-state index in [9.17, 15) is 36.2 Å². The van der Waals surface area contributed by atoms with Crippen molar-refractivity contribution in [2.24, 2.45) is 5.92 Å². The van der Waals surface area contributed by atoms with Crippen molar-refractivity contribution >= 4 is 5.78 Å². The van der Waals surface area contributed by atoms with Crippen molar-refractivity contribution in [3.05, 3.63) is 23.8 Å². The Balaban J connectivity index is 3.14. The second-order valence-electron chi connectivity index (χ2n) is 5.32. The lowest BCUT2D eigenvalue weighted by Crippen LogP contribution is -2.62. The van der Waals surface area contributed by atoms with E-state index in [4.69, 9.17) is 9.47 Å². The molecule has 0 aliphatic heterocycles. The van der Waals surface area contributed by atoms with Gasteiger partial charge in [0, 0.05) is 6.42 Å². The largest absolute Gasteiger partial charge is 0.493 e. The van der Waals surface area contributed by atoms with Gasteiger partial charge in [-0.3, -0.25) is 4.79 Å². The average Bonchev–Trinajstić information content (AvgIpc) is 2.50. The van der Waals surface area contributed by atoms with Crippen molar-refractivity contribution in [3.63, 3.8) is 0 Å². The standard InChI is InChI=1S/C15H16F6O4/c1-8(13(23,14(16,17)18)15(19,20)21)10(22)6-9-4-5-11(24-2)12(7-9)25-3/h4-5,7-8,23H,6H2,1-3H3. The number of halogens is 6. The third-order valence-electron chi connectivity index (χ3n) is 3.80. The van der Waals surface area contributed by atoms with Gasteiger partial charge < -0.3 is 14.6 Å². The molecule has 1 aromatic carbocycles. The minimum absolute atomic E-state index is 0.112. The van der Waals surface area contributed by atoms with Crippen LogP contribution in [0.25, 0.3) is 0 Å². The summed E-state index contributed by atoms with van der Waals surface area (Å²) >= 11 is 0. The normalized spacial score (nSPS) is 14.2. The number of hydrogen-bond acceptors (Lipinski definition) is 4. The molecule has 0 heterocycles. The number of ether oxygens (including phenoxy) is 2. The minimum atomic E-state index is -6.06. The molecule has 0 aliphatic carbocycles. The summed E-state index contributed by atoms with van der Waals surface area (Å²) in [5.74, 6) is -3.75. The molecule has 0 aliphatic rings. The molecule has 4 nitrogen and oxygen atoms in total. The molecule has 0 amide bonds. The smallest absolute Gasteiger partial charge is 0.426 e. The summed E-state index contributed by atoms with van der Waals surface area (Å²) in [5.41, 5.74) is -5.02. The highest BCUT2D eigenvalue weighted by atomic mass is 19.4. The van der Waals surface area contributed by atoms with Crippen LogP contribution in [0.4, 0.5) is 26.3 Å². The van der Waals surface area contributed by atoms with Gasteiger partial charge in [-0.1, -0.05) is 13.0 Å².